The monoisotopic (exact) mass is 389 g/mol. The number of rotatable bonds is 6. The van der Waals surface area contributed by atoms with Crippen LogP contribution in [-0.4, -0.2) is 22.0 Å². The number of pyridine rings is 1. The molecule has 7 nitrogen and oxygen atoms in total. The zero-order valence-electron chi connectivity index (χ0n) is 14.9. The number of thiophene rings is 1. The van der Waals surface area contributed by atoms with Crippen LogP contribution < -0.4 is 16.4 Å². The minimum Gasteiger partial charge on any atom is -0.374 e. The zero-order valence-corrected chi connectivity index (χ0v) is 15.7. The number of hydrogen-bond acceptors (Lipinski definition) is 7. The third-order valence-electron chi connectivity index (χ3n) is 4.33. The molecule has 3 rings (SSSR count). The normalized spacial score (nSPS) is 16.8. The van der Waals surface area contributed by atoms with Crippen molar-refractivity contribution in [2.24, 2.45) is 11.7 Å². The number of aliphatic hydroxyl groups is 1. The molecule has 1 amide bonds. The zero-order chi connectivity index (χ0) is 19.7. The number of nitrogens with one attached hydrogen (secondary N) is 2. The molecule has 0 bridgehead atoms. The average molecular weight is 389 g/mol. The molecule has 2 atom stereocenters. The van der Waals surface area contributed by atoms with Gasteiger partial charge in [-0.2, -0.15) is 5.26 Å². The van der Waals surface area contributed by atoms with E-state index < -0.39 is 24.0 Å². The van der Waals surface area contributed by atoms with Crippen molar-refractivity contribution in [1.82, 2.24) is 10.3 Å². The SMILES string of the molecule is CC(C)C[C@@H](Nc1nc(-c2ccc(C#N)s2)c2c(c1F)CNC2O)C(N)=O. The van der Waals surface area contributed by atoms with Crippen LogP contribution in [0.25, 0.3) is 10.6 Å². The molecule has 1 aliphatic heterocycles. The Morgan fingerprint density at radius 1 is 1.59 bits per heavy atom. The van der Waals surface area contributed by atoms with Crippen molar-refractivity contribution in [2.45, 2.75) is 39.1 Å². The molecule has 2 aromatic rings. The maximum absolute atomic E-state index is 15.0. The summed E-state index contributed by atoms with van der Waals surface area (Å²) >= 11 is 1.20. The fourth-order valence-corrected chi connectivity index (χ4v) is 3.89. The Kier molecular flexibility index (Phi) is 5.41. The van der Waals surface area contributed by atoms with Gasteiger partial charge >= 0.3 is 0 Å². The Morgan fingerprint density at radius 3 is 2.93 bits per heavy atom. The van der Waals surface area contributed by atoms with Gasteiger partial charge in [-0.1, -0.05) is 13.8 Å². The van der Waals surface area contributed by atoms with Crippen LogP contribution in [0.1, 0.15) is 42.5 Å². The molecule has 0 spiro atoms. The Labute approximate surface area is 160 Å². The number of aromatic nitrogens is 1. The maximum atomic E-state index is 15.0. The first-order valence-electron chi connectivity index (χ1n) is 8.51. The van der Waals surface area contributed by atoms with Gasteiger partial charge in [0.05, 0.1) is 10.6 Å². The van der Waals surface area contributed by atoms with Crippen molar-refractivity contribution in [3.63, 3.8) is 0 Å². The first-order chi connectivity index (χ1) is 12.8. The van der Waals surface area contributed by atoms with Crippen LogP contribution in [0.3, 0.4) is 0 Å². The highest BCUT2D eigenvalue weighted by Gasteiger charge is 2.31. The maximum Gasteiger partial charge on any atom is 0.239 e. The fourth-order valence-electron chi connectivity index (χ4n) is 3.08. The molecule has 0 radical (unpaired) electrons. The smallest absolute Gasteiger partial charge is 0.239 e. The number of anilines is 1. The van der Waals surface area contributed by atoms with Gasteiger partial charge in [-0.05, 0) is 24.5 Å². The lowest BCUT2D eigenvalue weighted by molar-refractivity contribution is -0.119. The summed E-state index contributed by atoms with van der Waals surface area (Å²) in [6.45, 7) is 4.00. The molecule has 5 N–H and O–H groups in total. The van der Waals surface area contributed by atoms with Gasteiger partial charge in [0.15, 0.2) is 11.6 Å². The molecule has 0 aliphatic carbocycles. The topological polar surface area (TPSA) is 124 Å². The van der Waals surface area contributed by atoms with Gasteiger partial charge in [0.25, 0.3) is 0 Å². The largest absolute Gasteiger partial charge is 0.374 e. The van der Waals surface area contributed by atoms with E-state index in [1.54, 1.807) is 12.1 Å². The summed E-state index contributed by atoms with van der Waals surface area (Å²) in [5.41, 5.74) is 6.47. The molecule has 0 saturated heterocycles. The van der Waals surface area contributed by atoms with Crippen molar-refractivity contribution in [1.29, 1.82) is 5.26 Å². The summed E-state index contributed by atoms with van der Waals surface area (Å²) in [6, 6.07) is 4.63. The van der Waals surface area contributed by atoms with E-state index >= 15 is 0 Å². The van der Waals surface area contributed by atoms with E-state index in [-0.39, 0.29) is 23.8 Å². The summed E-state index contributed by atoms with van der Waals surface area (Å²) in [6.07, 6.45) is -0.622. The fraction of sp³-hybridized carbons (Fsp3) is 0.389. The van der Waals surface area contributed by atoms with Crippen LogP contribution >= 0.6 is 11.3 Å². The van der Waals surface area contributed by atoms with Gasteiger partial charge in [-0.25, -0.2) is 9.37 Å². The number of halogens is 1. The molecule has 0 fully saturated rings. The molecule has 0 saturated carbocycles. The van der Waals surface area contributed by atoms with E-state index in [9.17, 15) is 14.3 Å². The molecule has 1 unspecified atom stereocenters. The highest BCUT2D eigenvalue weighted by atomic mass is 32.1. The lowest BCUT2D eigenvalue weighted by Gasteiger charge is -2.20. The quantitative estimate of drug-likeness (QED) is 0.601. The van der Waals surface area contributed by atoms with Crippen LogP contribution in [0, 0.1) is 23.1 Å². The molecule has 3 heterocycles. The van der Waals surface area contributed by atoms with Crippen LogP contribution in [0.4, 0.5) is 10.2 Å². The summed E-state index contributed by atoms with van der Waals surface area (Å²) < 4.78 is 15.0. The van der Waals surface area contributed by atoms with Crippen molar-refractivity contribution < 1.29 is 14.3 Å². The summed E-state index contributed by atoms with van der Waals surface area (Å²) in [5, 5.41) is 24.9. The summed E-state index contributed by atoms with van der Waals surface area (Å²) in [7, 11) is 0. The Bertz CT molecular complexity index is 921. The van der Waals surface area contributed by atoms with E-state index in [1.807, 2.05) is 13.8 Å². The Morgan fingerprint density at radius 2 is 2.33 bits per heavy atom. The molecule has 1 aliphatic rings. The number of nitrogens with zero attached hydrogens (tertiary/aromatic N) is 2. The molecule has 0 aromatic carbocycles. The van der Waals surface area contributed by atoms with Gasteiger partial charge in [-0.3, -0.25) is 10.1 Å². The van der Waals surface area contributed by atoms with Crippen molar-refractivity contribution in [3.8, 4) is 16.6 Å². The second kappa shape index (κ2) is 7.60. The van der Waals surface area contributed by atoms with Gasteiger partial charge in [0.2, 0.25) is 5.91 Å². The molecular weight excluding hydrogens is 369 g/mol. The van der Waals surface area contributed by atoms with Crippen molar-refractivity contribution >= 4 is 23.1 Å². The van der Waals surface area contributed by atoms with Gasteiger partial charge in [0.1, 0.15) is 23.2 Å². The molecule has 27 heavy (non-hydrogen) atoms. The second-order valence-electron chi connectivity index (χ2n) is 6.80. The van der Waals surface area contributed by atoms with Gasteiger partial charge < -0.3 is 16.2 Å². The Balaban J connectivity index is 2.09. The number of carbonyl (C=O) groups excluding carboxylic acids is 1. The number of carbonyl (C=O) groups is 1. The van der Waals surface area contributed by atoms with Crippen molar-refractivity contribution in [2.75, 3.05) is 5.32 Å². The minimum atomic E-state index is -1.05. The number of hydrogen-bond donors (Lipinski definition) is 4. The number of fused-ring (bicyclic) bond motifs is 1. The number of aliphatic hydroxyl groups excluding tert-OH is 1. The first-order valence-corrected chi connectivity index (χ1v) is 9.33. The van der Waals surface area contributed by atoms with Crippen LogP contribution in [-0.2, 0) is 11.3 Å². The third-order valence-corrected chi connectivity index (χ3v) is 5.33. The van der Waals surface area contributed by atoms with Gasteiger partial charge in [0, 0.05) is 17.7 Å². The van der Waals surface area contributed by atoms with E-state index in [4.69, 9.17) is 11.0 Å². The number of nitriles is 1. The predicted octanol–water partition coefficient (Wildman–Crippen LogP) is 2.23. The van der Waals surface area contributed by atoms with Crippen LogP contribution in [0.2, 0.25) is 0 Å². The average Bonchev–Trinajstić information content (AvgIpc) is 3.23. The van der Waals surface area contributed by atoms with E-state index in [2.05, 4.69) is 21.7 Å². The van der Waals surface area contributed by atoms with Crippen molar-refractivity contribution in [3.05, 3.63) is 34.0 Å². The molecular formula is C18H20FN5O2S. The van der Waals surface area contributed by atoms with E-state index in [0.29, 0.717) is 27.4 Å². The lowest BCUT2D eigenvalue weighted by atomic mass is 10.0. The van der Waals surface area contributed by atoms with E-state index in [1.165, 1.54) is 11.3 Å². The molecule has 9 heteroatoms. The predicted molar refractivity (Wildman–Crippen MR) is 100 cm³/mol. The second-order valence-corrected chi connectivity index (χ2v) is 7.89. The number of nitrogens with two attached hydrogens (primary N) is 1. The first kappa shape index (κ1) is 19.2. The minimum absolute atomic E-state index is 0.0870. The number of primary amides is 1. The van der Waals surface area contributed by atoms with Crippen LogP contribution in [0.5, 0.6) is 0 Å². The lowest BCUT2D eigenvalue weighted by Crippen LogP contribution is -2.37. The number of amides is 1. The standard InChI is InChI=1S/C18H20FN5O2S/c1-8(2)5-11(16(21)25)23-17-14(19)10-7-22-18(26)13(10)15(24-17)12-4-3-9(6-20)27-12/h3-4,8,11,18,22,26H,5,7H2,1-2H3,(H2,21,25)(H,23,24)/t11-,18?/m1/s1. The molecule has 142 valence electrons. The highest BCUT2D eigenvalue weighted by molar-refractivity contribution is 7.16. The Hall–Kier alpha value is -2.54. The van der Waals surface area contributed by atoms with Gasteiger partial charge in [-0.15, -0.1) is 11.3 Å². The van der Waals surface area contributed by atoms with Crippen LogP contribution in [0.15, 0.2) is 12.1 Å². The summed E-state index contributed by atoms with van der Waals surface area (Å²) in [4.78, 5) is 17.2. The summed E-state index contributed by atoms with van der Waals surface area (Å²) in [5.74, 6) is -1.13. The third kappa shape index (κ3) is 3.78. The van der Waals surface area contributed by atoms with E-state index in [0.717, 1.165) is 0 Å². The highest BCUT2D eigenvalue weighted by Crippen LogP contribution is 2.39. The molecule has 2 aromatic heterocycles.